The van der Waals surface area contributed by atoms with Gasteiger partial charge in [-0.3, -0.25) is 4.79 Å². The molecule has 0 spiro atoms. The van der Waals surface area contributed by atoms with Gasteiger partial charge in [0.25, 0.3) is 5.91 Å². The minimum atomic E-state index is -4.52. The van der Waals surface area contributed by atoms with Crippen LogP contribution in [0.25, 0.3) is 0 Å². The fourth-order valence-corrected chi connectivity index (χ4v) is 2.35. The Morgan fingerprint density at radius 2 is 1.90 bits per heavy atom. The number of carbonyl (C=O) groups is 1. The van der Waals surface area contributed by atoms with Gasteiger partial charge in [0.15, 0.2) is 12.5 Å². The molecule has 1 rings (SSSR count). The smallest absolute Gasteiger partial charge is 0.422 e. The Bertz CT molecular complexity index is 804. The predicted molar refractivity (Wildman–Crippen MR) is 110 cm³/mol. The summed E-state index contributed by atoms with van der Waals surface area (Å²) >= 11 is 0. The molecule has 1 amide bonds. The summed E-state index contributed by atoms with van der Waals surface area (Å²) in [6.07, 6.45) is -3.35. The quantitative estimate of drug-likeness (QED) is 0.272. The molecule has 0 saturated heterocycles. The van der Waals surface area contributed by atoms with E-state index in [0.29, 0.717) is 11.7 Å². The van der Waals surface area contributed by atoms with Gasteiger partial charge in [-0.05, 0) is 50.5 Å². The minimum Gasteiger partial charge on any atom is -0.470 e. The highest BCUT2D eigenvalue weighted by molar-refractivity contribution is 5.93. The third kappa shape index (κ3) is 9.06. The van der Waals surface area contributed by atoms with Crippen molar-refractivity contribution in [3.8, 4) is 0 Å². The zero-order chi connectivity index (χ0) is 23.1. The summed E-state index contributed by atoms with van der Waals surface area (Å²) < 4.78 is 41.1. The summed E-state index contributed by atoms with van der Waals surface area (Å²) in [6.45, 7) is 8.43. The van der Waals surface area contributed by atoms with Crippen LogP contribution in [0.1, 0.15) is 45.0 Å². The first-order valence-corrected chi connectivity index (χ1v) is 9.45. The van der Waals surface area contributed by atoms with E-state index in [9.17, 15) is 18.0 Å². The van der Waals surface area contributed by atoms with E-state index in [1.54, 1.807) is 6.92 Å². The fraction of sp³-hybridized carbons (Fsp3) is 0.500. The van der Waals surface area contributed by atoms with Gasteiger partial charge in [0.2, 0.25) is 0 Å². The van der Waals surface area contributed by atoms with E-state index in [0.717, 1.165) is 17.8 Å². The number of alkyl halides is 3. The van der Waals surface area contributed by atoms with Gasteiger partial charge >= 0.3 is 6.18 Å². The number of nitrogens with two attached hydrogens (primary N) is 2. The molecule has 1 aromatic heterocycles. The van der Waals surface area contributed by atoms with Crippen molar-refractivity contribution in [2.45, 2.75) is 46.8 Å². The van der Waals surface area contributed by atoms with Crippen LogP contribution in [0, 0.1) is 12.8 Å². The summed E-state index contributed by atoms with van der Waals surface area (Å²) in [5.74, 6) is 0.108. The predicted octanol–water partition coefficient (Wildman–Crippen LogP) is 3.25. The molecule has 6 N–H and O–H groups in total. The van der Waals surface area contributed by atoms with Crippen LogP contribution in [-0.2, 0) is 9.53 Å². The summed E-state index contributed by atoms with van der Waals surface area (Å²) in [4.78, 5) is 16.8. The molecule has 168 valence electrons. The van der Waals surface area contributed by atoms with Crippen molar-refractivity contribution in [3.05, 3.63) is 46.6 Å². The number of anilines is 1. The molecule has 0 aromatic carbocycles. The number of allylic oxidation sites excluding steroid dienone is 2. The highest BCUT2D eigenvalue weighted by atomic mass is 19.4. The van der Waals surface area contributed by atoms with Crippen LogP contribution < -0.4 is 22.1 Å². The number of nitrogens with zero attached hydrogens (tertiary/aromatic N) is 1. The highest BCUT2D eigenvalue weighted by Gasteiger charge is 2.28. The van der Waals surface area contributed by atoms with Crippen LogP contribution in [0.15, 0.2) is 35.4 Å². The van der Waals surface area contributed by atoms with Gasteiger partial charge in [-0.1, -0.05) is 13.8 Å². The second-order valence-electron chi connectivity index (χ2n) is 7.45. The maximum atomic E-state index is 12.4. The molecule has 30 heavy (non-hydrogen) atoms. The van der Waals surface area contributed by atoms with Gasteiger partial charge in [-0.25, -0.2) is 4.98 Å². The van der Waals surface area contributed by atoms with Crippen molar-refractivity contribution in [1.82, 2.24) is 10.3 Å². The number of ether oxygens (including phenoxy) is 1. The molecule has 0 aliphatic rings. The molecule has 7 nitrogen and oxygen atoms in total. The molecule has 1 atom stereocenters. The van der Waals surface area contributed by atoms with Crippen molar-refractivity contribution in [1.29, 1.82) is 0 Å². The van der Waals surface area contributed by atoms with Gasteiger partial charge in [-0.15, -0.1) is 0 Å². The molecule has 0 radical (unpaired) electrons. The van der Waals surface area contributed by atoms with E-state index >= 15 is 0 Å². The molecule has 0 bridgehead atoms. The number of hydrogen-bond acceptors (Lipinski definition) is 6. The fourth-order valence-electron chi connectivity index (χ4n) is 2.35. The van der Waals surface area contributed by atoms with Gasteiger partial charge in [0.05, 0.1) is 11.7 Å². The summed E-state index contributed by atoms with van der Waals surface area (Å²) in [7, 11) is 0. The maximum absolute atomic E-state index is 12.4. The molecule has 1 aromatic rings. The summed E-state index contributed by atoms with van der Waals surface area (Å²) in [5, 5.41) is 5.99. The maximum Gasteiger partial charge on any atom is 0.422 e. The van der Waals surface area contributed by atoms with Crippen molar-refractivity contribution in [3.63, 3.8) is 0 Å². The number of amides is 1. The molecule has 0 aliphatic heterocycles. The monoisotopic (exact) mass is 429 g/mol. The van der Waals surface area contributed by atoms with E-state index in [1.807, 2.05) is 19.1 Å². The Balaban J connectivity index is 2.84. The number of pyridine rings is 1. The lowest BCUT2D eigenvalue weighted by Crippen LogP contribution is -2.31. The normalized spacial score (nSPS) is 14.2. The third-order valence-electron chi connectivity index (χ3n) is 3.93. The van der Waals surface area contributed by atoms with Crippen molar-refractivity contribution < 1.29 is 22.7 Å². The number of nitrogens with one attached hydrogen (secondary N) is 2. The van der Waals surface area contributed by atoms with E-state index in [-0.39, 0.29) is 17.3 Å². The zero-order valence-corrected chi connectivity index (χ0v) is 17.9. The van der Waals surface area contributed by atoms with E-state index in [2.05, 4.69) is 34.2 Å². The topological polar surface area (TPSA) is 115 Å². The van der Waals surface area contributed by atoms with Crippen LogP contribution >= 0.6 is 0 Å². The first-order valence-electron chi connectivity index (χ1n) is 9.45. The molecule has 0 fully saturated rings. The Kier molecular flexibility index (Phi) is 9.00. The van der Waals surface area contributed by atoms with Gasteiger partial charge in [0, 0.05) is 17.8 Å². The first-order chi connectivity index (χ1) is 13.8. The van der Waals surface area contributed by atoms with Gasteiger partial charge in [-0.2, -0.15) is 13.2 Å². The Morgan fingerprint density at radius 3 is 2.47 bits per heavy atom. The standard InChI is InChI=1S/C20H30F3N5O2/c1-11(2)9-26-17-8-15(7-13(4)27-17)14(5)28-19(29)16(24)6-12(3)18(25)30-10-20(21,22)23/h6-8,11,14H,9-10,24-25H2,1-5H3,(H,26,27)(H,28,29)/b16-6-,18-12+. The summed E-state index contributed by atoms with van der Waals surface area (Å²) in [6, 6.07) is 3.31. The molecular weight excluding hydrogens is 399 g/mol. The molecule has 0 aliphatic carbocycles. The highest BCUT2D eigenvalue weighted by Crippen LogP contribution is 2.19. The van der Waals surface area contributed by atoms with Gasteiger partial charge in [0.1, 0.15) is 5.82 Å². The van der Waals surface area contributed by atoms with Crippen LogP contribution in [0.2, 0.25) is 0 Å². The first kappa shape index (κ1) is 25.1. The number of carbonyl (C=O) groups excluding carboxylic acids is 1. The van der Waals surface area contributed by atoms with E-state index < -0.39 is 24.6 Å². The molecule has 10 heteroatoms. The van der Waals surface area contributed by atoms with Gasteiger partial charge < -0.3 is 26.8 Å². The van der Waals surface area contributed by atoms with Crippen LogP contribution in [0.3, 0.4) is 0 Å². The molecule has 0 saturated carbocycles. The molecular formula is C20H30F3N5O2. The van der Waals surface area contributed by atoms with Crippen molar-refractivity contribution in [2.24, 2.45) is 17.4 Å². The minimum absolute atomic E-state index is 0.111. The third-order valence-corrected chi connectivity index (χ3v) is 3.93. The van der Waals surface area contributed by atoms with Crippen LogP contribution in [-0.4, -0.2) is 30.2 Å². The van der Waals surface area contributed by atoms with E-state index in [4.69, 9.17) is 11.5 Å². The SMILES string of the molecule is CC(/C=C(\N)C(=O)NC(C)c1cc(C)nc(NCC(C)C)c1)=C(/N)OCC(F)(F)F. The van der Waals surface area contributed by atoms with E-state index in [1.165, 1.54) is 13.0 Å². The second-order valence-corrected chi connectivity index (χ2v) is 7.45. The Labute approximate surface area is 174 Å². The largest absolute Gasteiger partial charge is 0.470 e. The van der Waals surface area contributed by atoms with Crippen molar-refractivity contribution >= 4 is 11.7 Å². The summed E-state index contributed by atoms with van der Waals surface area (Å²) in [5.41, 5.74) is 12.7. The lowest BCUT2D eigenvalue weighted by atomic mass is 10.1. The lowest BCUT2D eigenvalue weighted by molar-refractivity contribution is -0.165. The van der Waals surface area contributed by atoms with Crippen LogP contribution in [0.5, 0.6) is 0 Å². The number of rotatable bonds is 9. The Morgan fingerprint density at radius 1 is 1.27 bits per heavy atom. The molecule has 1 unspecified atom stereocenters. The number of aromatic nitrogens is 1. The molecule has 1 heterocycles. The average Bonchev–Trinajstić information content (AvgIpc) is 2.63. The Hall–Kier alpha value is -2.91. The average molecular weight is 429 g/mol. The number of hydrogen-bond donors (Lipinski definition) is 4. The number of aryl methyl sites for hydroxylation is 1. The second kappa shape index (κ2) is 10.7. The number of halogens is 3. The zero-order valence-electron chi connectivity index (χ0n) is 17.9. The van der Waals surface area contributed by atoms with Crippen LogP contribution in [0.4, 0.5) is 19.0 Å². The lowest BCUT2D eigenvalue weighted by Gasteiger charge is -2.17. The van der Waals surface area contributed by atoms with Crippen molar-refractivity contribution in [2.75, 3.05) is 18.5 Å².